The summed E-state index contributed by atoms with van der Waals surface area (Å²) in [6.45, 7) is 0.543. The van der Waals surface area contributed by atoms with E-state index in [9.17, 15) is 4.79 Å². The van der Waals surface area contributed by atoms with Crippen LogP contribution in [0.2, 0.25) is 0 Å². The third kappa shape index (κ3) is 2.76. The van der Waals surface area contributed by atoms with Gasteiger partial charge in [-0.2, -0.15) is 4.99 Å². The molecule has 2 rings (SSSR count). The van der Waals surface area contributed by atoms with Crippen LogP contribution < -0.4 is 22.5 Å². The van der Waals surface area contributed by atoms with Crippen molar-refractivity contribution < 1.29 is 4.79 Å². The van der Waals surface area contributed by atoms with Crippen LogP contribution >= 0.6 is 0 Å². The molecular formula is C11H14N6O. The van der Waals surface area contributed by atoms with Gasteiger partial charge in [-0.25, -0.2) is 4.99 Å². The second-order valence-corrected chi connectivity index (χ2v) is 3.91. The molecule has 1 aliphatic rings. The summed E-state index contributed by atoms with van der Waals surface area (Å²) >= 11 is 0. The standard InChI is InChI=1S/C11H14N6O/c12-10(13)17-11(14)16-8-2-1-6-5-15-9(18)4-7(6)3-8/h1-3H,4-5H2,(H,15,18)(H6,12,13,14,16,17). The summed E-state index contributed by atoms with van der Waals surface area (Å²) < 4.78 is 0. The Bertz CT molecular complexity index is 544. The number of nitrogens with one attached hydrogen (secondary N) is 1. The minimum atomic E-state index is -0.145. The van der Waals surface area contributed by atoms with E-state index in [4.69, 9.17) is 17.2 Å². The van der Waals surface area contributed by atoms with Gasteiger partial charge in [-0.1, -0.05) is 6.07 Å². The van der Waals surface area contributed by atoms with E-state index in [-0.39, 0.29) is 17.8 Å². The topological polar surface area (TPSA) is 132 Å². The fraction of sp³-hybridized carbons (Fsp3) is 0.182. The second-order valence-electron chi connectivity index (χ2n) is 3.91. The molecule has 94 valence electrons. The summed E-state index contributed by atoms with van der Waals surface area (Å²) in [5.41, 5.74) is 18.5. The van der Waals surface area contributed by atoms with Crippen LogP contribution in [0.5, 0.6) is 0 Å². The molecule has 7 heteroatoms. The molecule has 0 saturated carbocycles. The molecule has 0 unspecified atom stereocenters. The number of nitrogens with zero attached hydrogens (tertiary/aromatic N) is 2. The van der Waals surface area contributed by atoms with Gasteiger partial charge < -0.3 is 22.5 Å². The molecule has 1 heterocycles. The van der Waals surface area contributed by atoms with E-state index < -0.39 is 0 Å². The zero-order valence-electron chi connectivity index (χ0n) is 9.68. The third-order valence-electron chi connectivity index (χ3n) is 2.50. The Labute approximate surface area is 104 Å². The largest absolute Gasteiger partial charge is 0.370 e. The van der Waals surface area contributed by atoms with Gasteiger partial charge in [-0.3, -0.25) is 4.79 Å². The van der Waals surface area contributed by atoms with E-state index in [0.29, 0.717) is 18.7 Å². The molecule has 1 amide bonds. The van der Waals surface area contributed by atoms with Crippen LogP contribution in [0.1, 0.15) is 11.1 Å². The maximum absolute atomic E-state index is 11.3. The molecule has 1 aliphatic heterocycles. The Kier molecular flexibility index (Phi) is 3.13. The average Bonchev–Trinajstić information content (AvgIpc) is 2.27. The van der Waals surface area contributed by atoms with Crippen LogP contribution in [-0.2, 0) is 17.8 Å². The zero-order valence-corrected chi connectivity index (χ0v) is 9.68. The van der Waals surface area contributed by atoms with Crippen molar-refractivity contribution in [2.75, 3.05) is 0 Å². The summed E-state index contributed by atoms with van der Waals surface area (Å²) in [6, 6.07) is 5.50. The molecule has 0 radical (unpaired) electrons. The lowest BCUT2D eigenvalue weighted by Gasteiger charge is -2.16. The maximum atomic E-state index is 11.3. The van der Waals surface area contributed by atoms with Crippen LogP contribution in [0.4, 0.5) is 5.69 Å². The van der Waals surface area contributed by atoms with Crippen molar-refractivity contribution in [1.29, 1.82) is 0 Å². The highest BCUT2D eigenvalue weighted by molar-refractivity contribution is 5.93. The number of nitrogens with two attached hydrogens (primary N) is 3. The first-order valence-corrected chi connectivity index (χ1v) is 5.37. The molecule has 0 saturated heterocycles. The van der Waals surface area contributed by atoms with Crippen LogP contribution in [0, 0.1) is 0 Å². The first kappa shape index (κ1) is 11.9. The number of hydrogen-bond donors (Lipinski definition) is 4. The van der Waals surface area contributed by atoms with Gasteiger partial charge in [-0.05, 0) is 23.3 Å². The fourth-order valence-electron chi connectivity index (χ4n) is 1.74. The van der Waals surface area contributed by atoms with Crippen LogP contribution in [-0.4, -0.2) is 17.8 Å². The van der Waals surface area contributed by atoms with Gasteiger partial charge in [0.25, 0.3) is 0 Å². The van der Waals surface area contributed by atoms with Gasteiger partial charge >= 0.3 is 0 Å². The lowest BCUT2D eigenvalue weighted by molar-refractivity contribution is -0.121. The van der Waals surface area contributed by atoms with E-state index in [1.807, 2.05) is 12.1 Å². The highest BCUT2D eigenvalue weighted by Crippen LogP contribution is 2.21. The van der Waals surface area contributed by atoms with Crippen molar-refractivity contribution in [2.45, 2.75) is 13.0 Å². The summed E-state index contributed by atoms with van der Waals surface area (Å²) in [7, 11) is 0. The molecule has 7 nitrogen and oxygen atoms in total. The van der Waals surface area contributed by atoms with Crippen molar-refractivity contribution in [3.63, 3.8) is 0 Å². The molecule has 0 spiro atoms. The van der Waals surface area contributed by atoms with Crippen LogP contribution in [0.25, 0.3) is 0 Å². The van der Waals surface area contributed by atoms with Crippen molar-refractivity contribution >= 4 is 23.5 Å². The lowest BCUT2D eigenvalue weighted by Crippen LogP contribution is -2.30. The van der Waals surface area contributed by atoms with Crippen molar-refractivity contribution in [1.82, 2.24) is 5.32 Å². The van der Waals surface area contributed by atoms with Crippen molar-refractivity contribution in [3.8, 4) is 0 Å². The predicted molar refractivity (Wildman–Crippen MR) is 69.1 cm³/mol. The number of carbonyl (C=O) groups is 1. The van der Waals surface area contributed by atoms with E-state index >= 15 is 0 Å². The molecule has 0 bridgehead atoms. The number of guanidine groups is 2. The Balaban J connectivity index is 2.29. The van der Waals surface area contributed by atoms with Crippen molar-refractivity contribution in [3.05, 3.63) is 29.3 Å². The number of rotatable bonds is 1. The van der Waals surface area contributed by atoms with E-state index in [2.05, 4.69) is 15.3 Å². The second kappa shape index (κ2) is 4.74. The summed E-state index contributed by atoms with van der Waals surface area (Å²) in [5, 5.41) is 2.77. The number of carbonyl (C=O) groups excluding carboxylic acids is 1. The number of fused-ring (bicyclic) bond motifs is 1. The zero-order chi connectivity index (χ0) is 13.1. The smallest absolute Gasteiger partial charge is 0.224 e. The van der Waals surface area contributed by atoms with E-state index in [1.165, 1.54) is 0 Å². The Morgan fingerprint density at radius 3 is 2.72 bits per heavy atom. The van der Waals surface area contributed by atoms with Gasteiger partial charge in [0.05, 0.1) is 12.1 Å². The lowest BCUT2D eigenvalue weighted by atomic mass is 10.00. The highest BCUT2D eigenvalue weighted by atomic mass is 16.1. The Hall–Kier alpha value is -2.57. The van der Waals surface area contributed by atoms with E-state index in [1.54, 1.807) is 6.07 Å². The molecule has 0 aromatic heterocycles. The van der Waals surface area contributed by atoms with Gasteiger partial charge in [0, 0.05) is 6.54 Å². The highest BCUT2D eigenvalue weighted by Gasteiger charge is 2.14. The molecule has 7 N–H and O–H groups in total. The van der Waals surface area contributed by atoms with Gasteiger partial charge in [0.1, 0.15) is 0 Å². The number of aliphatic imine (C=N–C) groups is 2. The maximum Gasteiger partial charge on any atom is 0.224 e. The quantitative estimate of drug-likeness (QED) is 0.376. The number of amides is 1. The number of hydrogen-bond acceptors (Lipinski definition) is 2. The normalized spacial score (nSPS) is 14.7. The molecule has 0 fully saturated rings. The van der Waals surface area contributed by atoms with Gasteiger partial charge in [-0.15, -0.1) is 0 Å². The summed E-state index contributed by atoms with van der Waals surface area (Å²) in [5.74, 6) is -0.162. The molecule has 18 heavy (non-hydrogen) atoms. The van der Waals surface area contributed by atoms with Gasteiger partial charge in [0.15, 0.2) is 5.96 Å². The first-order valence-electron chi connectivity index (χ1n) is 5.37. The molecular weight excluding hydrogens is 232 g/mol. The first-order chi connectivity index (χ1) is 8.54. The molecule has 1 aromatic rings. The SMILES string of the molecule is NC(N)=NC(N)=Nc1ccc2c(c1)CC(=O)NC2. The Morgan fingerprint density at radius 1 is 1.22 bits per heavy atom. The minimum Gasteiger partial charge on any atom is -0.370 e. The van der Waals surface area contributed by atoms with Gasteiger partial charge in [0.2, 0.25) is 11.9 Å². The van der Waals surface area contributed by atoms with Crippen molar-refractivity contribution in [2.24, 2.45) is 27.2 Å². The predicted octanol–water partition coefficient (Wildman–Crippen LogP) is -0.921. The molecule has 0 aliphatic carbocycles. The summed E-state index contributed by atoms with van der Waals surface area (Å²) in [4.78, 5) is 18.9. The molecule has 0 atom stereocenters. The van der Waals surface area contributed by atoms with Crippen LogP contribution in [0.3, 0.4) is 0 Å². The third-order valence-corrected chi connectivity index (χ3v) is 2.50. The monoisotopic (exact) mass is 246 g/mol. The molecule has 1 aromatic carbocycles. The van der Waals surface area contributed by atoms with E-state index in [0.717, 1.165) is 11.1 Å². The fourth-order valence-corrected chi connectivity index (χ4v) is 1.74. The summed E-state index contributed by atoms with van der Waals surface area (Å²) in [6.07, 6.45) is 0.348. The average molecular weight is 246 g/mol. The number of benzene rings is 1. The van der Waals surface area contributed by atoms with Crippen LogP contribution in [0.15, 0.2) is 28.2 Å². The minimum absolute atomic E-state index is 0.000764. The Morgan fingerprint density at radius 2 is 2.00 bits per heavy atom.